The average molecular weight is 517 g/mol. The van der Waals surface area contributed by atoms with E-state index in [2.05, 4.69) is 5.32 Å². The fraction of sp³-hybridized carbons (Fsp3) is 0.207. The van der Waals surface area contributed by atoms with E-state index in [-0.39, 0.29) is 30.2 Å². The van der Waals surface area contributed by atoms with Gasteiger partial charge < -0.3 is 14.8 Å². The van der Waals surface area contributed by atoms with Crippen LogP contribution in [0.5, 0.6) is 11.5 Å². The van der Waals surface area contributed by atoms with Gasteiger partial charge in [-0.2, -0.15) is 0 Å². The Labute approximate surface area is 220 Å². The number of benzene rings is 3. The number of rotatable bonds is 9. The Balaban J connectivity index is 1.44. The standard InChI is InChI=1S/C29H28N2O5S/c1-4-35-25-15-21(10-13-24(25)36-18-27(32)30-23-11-8-19(2)9-12-23)16-26-28(33)31(29(34)37-26)17-22-7-5-6-20(3)14-22/h5-16H,4,17-18H2,1-3H3,(H,30,32)/b26-16-. The third-order valence-electron chi connectivity index (χ3n) is 5.56. The molecule has 0 atom stereocenters. The Morgan fingerprint density at radius 2 is 1.73 bits per heavy atom. The van der Waals surface area contributed by atoms with E-state index in [9.17, 15) is 14.4 Å². The van der Waals surface area contributed by atoms with Crippen LogP contribution >= 0.6 is 11.8 Å². The molecule has 1 aliphatic rings. The first-order valence-corrected chi connectivity index (χ1v) is 12.7. The number of hydrogen-bond donors (Lipinski definition) is 1. The molecule has 0 unspecified atom stereocenters. The second-order valence-corrected chi connectivity index (χ2v) is 9.59. The van der Waals surface area contributed by atoms with Crippen LogP contribution in [0.1, 0.15) is 29.2 Å². The lowest BCUT2D eigenvalue weighted by Gasteiger charge is -2.13. The minimum Gasteiger partial charge on any atom is -0.490 e. The molecule has 0 radical (unpaired) electrons. The summed E-state index contributed by atoms with van der Waals surface area (Å²) in [6.45, 7) is 6.22. The van der Waals surface area contributed by atoms with Gasteiger partial charge in [0.1, 0.15) is 0 Å². The maximum absolute atomic E-state index is 12.9. The van der Waals surface area contributed by atoms with Crippen LogP contribution in [0.25, 0.3) is 6.08 Å². The summed E-state index contributed by atoms with van der Waals surface area (Å²) < 4.78 is 11.4. The third kappa shape index (κ3) is 6.80. The molecule has 4 rings (SSSR count). The first-order chi connectivity index (χ1) is 17.8. The molecule has 0 spiro atoms. The number of carbonyl (C=O) groups excluding carboxylic acids is 3. The highest BCUT2D eigenvalue weighted by atomic mass is 32.2. The zero-order valence-electron chi connectivity index (χ0n) is 20.9. The molecular weight excluding hydrogens is 488 g/mol. The van der Waals surface area contributed by atoms with E-state index in [0.29, 0.717) is 34.3 Å². The van der Waals surface area contributed by atoms with Crippen LogP contribution in [0.4, 0.5) is 10.5 Å². The molecule has 190 valence electrons. The Hall–Kier alpha value is -4.04. The monoisotopic (exact) mass is 516 g/mol. The molecule has 1 heterocycles. The number of nitrogens with zero attached hydrogens (tertiary/aromatic N) is 1. The molecular formula is C29H28N2O5S. The maximum atomic E-state index is 12.9. The van der Waals surface area contributed by atoms with Crippen molar-refractivity contribution in [1.82, 2.24) is 4.90 Å². The van der Waals surface area contributed by atoms with E-state index in [1.165, 1.54) is 4.90 Å². The summed E-state index contributed by atoms with van der Waals surface area (Å²) in [5, 5.41) is 2.49. The number of hydrogen-bond acceptors (Lipinski definition) is 6. The van der Waals surface area contributed by atoms with E-state index in [0.717, 1.165) is 28.5 Å². The first-order valence-electron chi connectivity index (χ1n) is 11.9. The highest BCUT2D eigenvalue weighted by Gasteiger charge is 2.35. The summed E-state index contributed by atoms with van der Waals surface area (Å²) >= 11 is 0.913. The highest BCUT2D eigenvalue weighted by Crippen LogP contribution is 2.35. The summed E-state index contributed by atoms with van der Waals surface area (Å²) in [4.78, 5) is 39.4. The van der Waals surface area contributed by atoms with E-state index in [1.807, 2.05) is 69.3 Å². The largest absolute Gasteiger partial charge is 0.490 e. The van der Waals surface area contributed by atoms with E-state index >= 15 is 0 Å². The third-order valence-corrected chi connectivity index (χ3v) is 6.46. The molecule has 0 bridgehead atoms. The average Bonchev–Trinajstić information content (AvgIpc) is 3.12. The van der Waals surface area contributed by atoms with Gasteiger partial charge in [0, 0.05) is 5.69 Å². The van der Waals surface area contributed by atoms with Crippen molar-refractivity contribution in [2.75, 3.05) is 18.5 Å². The van der Waals surface area contributed by atoms with Gasteiger partial charge in [-0.1, -0.05) is 53.6 Å². The molecule has 1 aliphatic heterocycles. The first kappa shape index (κ1) is 26.0. The minimum atomic E-state index is -0.331. The summed E-state index contributed by atoms with van der Waals surface area (Å²) in [7, 11) is 0. The van der Waals surface area contributed by atoms with E-state index in [4.69, 9.17) is 9.47 Å². The van der Waals surface area contributed by atoms with E-state index in [1.54, 1.807) is 24.3 Å². The quantitative estimate of drug-likeness (QED) is 0.354. The molecule has 1 saturated heterocycles. The number of amides is 3. The highest BCUT2D eigenvalue weighted by molar-refractivity contribution is 8.18. The van der Waals surface area contributed by atoms with Gasteiger partial charge >= 0.3 is 0 Å². The Morgan fingerprint density at radius 1 is 0.946 bits per heavy atom. The smallest absolute Gasteiger partial charge is 0.293 e. The number of anilines is 1. The van der Waals surface area contributed by atoms with Crippen LogP contribution in [0, 0.1) is 13.8 Å². The Kier molecular flexibility index (Phi) is 8.30. The maximum Gasteiger partial charge on any atom is 0.293 e. The molecule has 8 heteroatoms. The van der Waals surface area contributed by atoms with Crippen molar-refractivity contribution in [3.05, 3.63) is 93.9 Å². The van der Waals surface area contributed by atoms with Gasteiger partial charge in [0.05, 0.1) is 18.1 Å². The molecule has 3 aromatic carbocycles. The van der Waals surface area contributed by atoms with Gasteiger partial charge in [0.15, 0.2) is 18.1 Å². The van der Waals surface area contributed by atoms with Crippen LogP contribution in [-0.4, -0.2) is 35.2 Å². The van der Waals surface area contributed by atoms with E-state index < -0.39 is 0 Å². The van der Waals surface area contributed by atoms with Gasteiger partial charge in [0.25, 0.3) is 17.1 Å². The van der Waals surface area contributed by atoms with Gasteiger partial charge in [0.2, 0.25) is 0 Å². The molecule has 3 amide bonds. The molecule has 1 fully saturated rings. The summed E-state index contributed by atoms with van der Waals surface area (Å²) in [6.07, 6.45) is 1.66. The van der Waals surface area contributed by atoms with Crippen molar-refractivity contribution >= 4 is 40.6 Å². The zero-order chi connectivity index (χ0) is 26.4. The van der Waals surface area contributed by atoms with Crippen molar-refractivity contribution in [2.45, 2.75) is 27.3 Å². The van der Waals surface area contributed by atoms with Crippen LogP contribution in [0.2, 0.25) is 0 Å². The van der Waals surface area contributed by atoms with Crippen LogP contribution < -0.4 is 14.8 Å². The fourth-order valence-electron chi connectivity index (χ4n) is 3.76. The Morgan fingerprint density at radius 3 is 2.46 bits per heavy atom. The summed E-state index contributed by atoms with van der Waals surface area (Å²) in [5.41, 5.74) is 4.44. The van der Waals surface area contributed by atoms with Crippen molar-refractivity contribution in [2.24, 2.45) is 0 Å². The molecule has 37 heavy (non-hydrogen) atoms. The molecule has 1 N–H and O–H groups in total. The van der Waals surface area contributed by atoms with Crippen molar-refractivity contribution in [3.8, 4) is 11.5 Å². The van der Waals surface area contributed by atoms with Crippen molar-refractivity contribution in [3.63, 3.8) is 0 Å². The normalized spacial score (nSPS) is 14.2. The van der Waals surface area contributed by atoms with Crippen molar-refractivity contribution in [1.29, 1.82) is 0 Å². The van der Waals surface area contributed by atoms with Gasteiger partial charge in [-0.15, -0.1) is 0 Å². The lowest BCUT2D eigenvalue weighted by atomic mass is 10.1. The predicted molar refractivity (Wildman–Crippen MR) is 146 cm³/mol. The zero-order valence-corrected chi connectivity index (χ0v) is 21.8. The minimum absolute atomic E-state index is 0.189. The molecule has 3 aromatic rings. The van der Waals surface area contributed by atoms with Crippen molar-refractivity contribution < 1.29 is 23.9 Å². The number of imide groups is 1. The SMILES string of the molecule is CCOc1cc(/C=C2\SC(=O)N(Cc3cccc(C)c3)C2=O)ccc1OCC(=O)Nc1ccc(C)cc1. The lowest BCUT2D eigenvalue weighted by Crippen LogP contribution is -2.27. The number of carbonyl (C=O) groups is 3. The summed E-state index contributed by atoms with van der Waals surface area (Å²) in [5.74, 6) is 0.226. The fourth-order valence-corrected chi connectivity index (χ4v) is 4.60. The number of ether oxygens (including phenoxy) is 2. The molecule has 0 aliphatic carbocycles. The topological polar surface area (TPSA) is 84.9 Å². The number of thioether (sulfide) groups is 1. The van der Waals surface area contributed by atoms with Gasteiger partial charge in [-0.3, -0.25) is 19.3 Å². The Bertz CT molecular complexity index is 1350. The number of nitrogens with one attached hydrogen (secondary N) is 1. The van der Waals surface area contributed by atoms with Crippen LogP contribution in [-0.2, 0) is 16.1 Å². The van der Waals surface area contributed by atoms with Gasteiger partial charge in [-0.25, -0.2) is 0 Å². The summed E-state index contributed by atoms with van der Waals surface area (Å²) in [6, 6.07) is 20.4. The lowest BCUT2D eigenvalue weighted by molar-refractivity contribution is -0.123. The number of aryl methyl sites for hydroxylation is 2. The molecule has 7 nitrogen and oxygen atoms in total. The molecule has 0 aromatic heterocycles. The predicted octanol–water partition coefficient (Wildman–Crippen LogP) is 5.96. The van der Waals surface area contributed by atoms with Crippen LogP contribution in [0.3, 0.4) is 0 Å². The molecule has 0 saturated carbocycles. The van der Waals surface area contributed by atoms with Gasteiger partial charge in [-0.05, 0) is 74.0 Å². The van der Waals surface area contributed by atoms with Crippen LogP contribution in [0.15, 0.2) is 71.6 Å². The second kappa shape index (κ2) is 11.8. The second-order valence-electron chi connectivity index (χ2n) is 8.60.